The number of nitrogens with one attached hydrogen (secondary N) is 1. The van der Waals surface area contributed by atoms with Crippen molar-refractivity contribution in [2.45, 2.75) is 110 Å². The molecular weight excluding hydrogens is 479 g/mol. The van der Waals surface area contributed by atoms with Gasteiger partial charge in [0.25, 0.3) is 7.82 Å². The quantitative estimate of drug-likeness (QED) is 0.0871. The maximum absolute atomic E-state index is 12.2. The van der Waals surface area contributed by atoms with Gasteiger partial charge in [0.15, 0.2) is 0 Å². The molecular formula is C27H57N2O6P. The Morgan fingerprint density at radius 2 is 1.36 bits per heavy atom. The number of carbonyl (C=O) groups is 1. The van der Waals surface area contributed by atoms with E-state index in [0.717, 1.165) is 12.8 Å². The molecule has 0 aliphatic heterocycles. The zero-order valence-corrected chi connectivity index (χ0v) is 25.0. The smallest absolute Gasteiger partial charge is 0.268 e. The molecule has 0 aromatic rings. The van der Waals surface area contributed by atoms with E-state index in [1.165, 1.54) is 84.0 Å². The highest BCUT2D eigenvalue weighted by molar-refractivity contribution is 7.45. The number of hydrogen-bond donors (Lipinski definition) is 1. The third kappa shape index (κ3) is 26.7. The van der Waals surface area contributed by atoms with Crippen LogP contribution in [0.2, 0.25) is 0 Å². The highest BCUT2D eigenvalue weighted by atomic mass is 31.2. The van der Waals surface area contributed by atoms with E-state index in [4.69, 9.17) is 13.8 Å². The molecule has 0 rings (SSSR count). The highest BCUT2D eigenvalue weighted by Gasteiger charge is 2.20. The minimum absolute atomic E-state index is 0.0263. The molecule has 0 spiro atoms. The Bertz CT molecular complexity index is 571. The van der Waals surface area contributed by atoms with Gasteiger partial charge in [-0.05, 0) is 13.3 Å². The first-order valence-electron chi connectivity index (χ1n) is 14.3. The zero-order valence-electron chi connectivity index (χ0n) is 24.1. The average molecular weight is 537 g/mol. The number of likely N-dealkylation sites (N-methyl/N-ethyl adjacent to an activating group) is 1. The molecule has 2 unspecified atom stereocenters. The molecule has 0 aliphatic rings. The summed E-state index contributed by atoms with van der Waals surface area (Å²) in [5.41, 5.74) is 0. The van der Waals surface area contributed by atoms with Crippen molar-refractivity contribution < 1.29 is 32.5 Å². The van der Waals surface area contributed by atoms with Crippen LogP contribution in [0.15, 0.2) is 0 Å². The van der Waals surface area contributed by atoms with Crippen LogP contribution in [0.5, 0.6) is 0 Å². The predicted octanol–water partition coefficient (Wildman–Crippen LogP) is 5.24. The largest absolute Gasteiger partial charge is 0.756 e. The summed E-state index contributed by atoms with van der Waals surface area (Å²) in [4.78, 5) is 23.4. The fourth-order valence-corrected chi connectivity index (χ4v) is 4.66. The maximum Gasteiger partial charge on any atom is 0.268 e. The Kier molecular flexibility index (Phi) is 22.4. The summed E-state index contributed by atoms with van der Waals surface area (Å²) in [6.45, 7) is 5.38. The van der Waals surface area contributed by atoms with Crippen LogP contribution < -0.4 is 10.2 Å². The second kappa shape index (κ2) is 22.6. The molecule has 0 aromatic heterocycles. The second-order valence-electron chi connectivity index (χ2n) is 11.0. The van der Waals surface area contributed by atoms with Gasteiger partial charge in [-0.3, -0.25) is 9.36 Å². The Hall–Kier alpha value is -0.340. The molecule has 1 N–H and O–H groups in total. The van der Waals surface area contributed by atoms with Crippen molar-refractivity contribution in [3.63, 3.8) is 0 Å². The first-order chi connectivity index (χ1) is 17.1. The second-order valence-corrected chi connectivity index (χ2v) is 12.4. The standard InChI is InChI=1S/C27H57N2O6P/c1-6-7-8-9-10-11-12-13-14-15-16-17-18-19-21-33-25-27(24-28-23-26(2)30)35-36(31,32)34-22-20-29(3,4)5/h27-28H,6-25H2,1-5H3. The van der Waals surface area contributed by atoms with E-state index < -0.39 is 13.9 Å². The van der Waals surface area contributed by atoms with Crippen LogP contribution >= 0.6 is 7.82 Å². The number of quaternary nitrogens is 1. The van der Waals surface area contributed by atoms with Crippen molar-refractivity contribution in [1.82, 2.24) is 5.32 Å². The van der Waals surface area contributed by atoms with Gasteiger partial charge < -0.3 is 28.5 Å². The van der Waals surface area contributed by atoms with Crippen molar-refractivity contribution in [1.29, 1.82) is 0 Å². The summed E-state index contributed by atoms with van der Waals surface area (Å²) >= 11 is 0. The van der Waals surface area contributed by atoms with Crippen molar-refractivity contribution in [2.24, 2.45) is 0 Å². The molecule has 0 aliphatic carbocycles. The molecule has 0 saturated heterocycles. The van der Waals surface area contributed by atoms with Gasteiger partial charge in [-0.1, -0.05) is 90.4 Å². The Labute approximate surface area is 222 Å². The summed E-state index contributed by atoms with van der Waals surface area (Å²) in [5.74, 6) is -0.0263. The van der Waals surface area contributed by atoms with Crippen LogP contribution in [0, 0.1) is 0 Å². The lowest BCUT2D eigenvalue weighted by atomic mass is 10.0. The number of unbranched alkanes of at least 4 members (excludes halogenated alkanes) is 13. The van der Waals surface area contributed by atoms with Crippen molar-refractivity contribution in [3.05, 3.63) is 0 Å². The summed E-state index contributed by atoms with van der Waals surface area (Å²) < 4.78 is 28.7. The highest BCUT2D eigenvalue weighted by Crippen LogP contribution is 2.39. The topological polar surface area (TPSA) is 96.9 Å². The van der Waals surface area contributed by atoms with E-state index in [-0.39, 0.29) is 32.1 Å². The normalized spacial score (nSPS) is 14.6. The number of carbonyl (C=O) groups excluding carboxylic acids is 1. The number of nitrogens with zero attached hydrogens (tertiary/aromatic N) is 1. The van der Waals surface area contributed by atoms with E-state index in [0.29, 0.717) is 17.6 Å². The SMILES string of the molecule is CCCCCCCCCCCCCCCCOCC(CNCC(C)=O)OP(=O)([O-])OCC[N+](C)(C)C. The lowest BCUT2D eigenvalue weighted by Gasteiger charge is -2.30. The van der Waals surface area contributed by atoms with E-state index in [9.17, 15) is 14.3 Å². The molecule has 2 atom stereocenters. The maximum atomic E-state index is 12.2. The summed E-state index contributed by atoms with van der Waals surface area (Å²) in [6, 6.07) is 0. The molecule has 0 heterocycles. The third-order valence-corrected chi connectivity index (χ3v) is 7.04. The van der Waals surface area contributed by atoms with E-state index in [1.54, 1.807) is 0 Å². The molecule has 0 aromatic carbocycles. The fraction of sp³-hybridized carbons (Fsp3) is 0.963. The lowest BCUT2D eigenvalue weighted by Crippen LogP contribution is -2.38. The van der Waals surface area contributed by atoms with Gasteiger partial charge in [-0.15, -0.1) is 0 Å². The molecule has 0 amide bonds. The molecule has 0 bridgehead atoms. The van der Waals surface area contributed by atoms with Crippen LogP contribution in [-0.2, 0) is 23.1 Å². The van der Waals surface area contributed by atoms with Crippen molar-refractivity contribution in [2.75, 3.05) is 60.6 Å². The predicted molar refractivity (Wildman–Crippen MR) is 146 cm³/mol. The Morgan fingerprint density at radius 1 is 0.861 bits per heavy atom. The fourth-order valence-electron chi connectivity index (χ4n) is 3.79. The minimum atomic E-state index is -4.45. The van der Waals surface area contributed by atoms with Gasteiger partial charge in [0.2, 0.25) is 0 Å². The minimum Gasteiger partial charge on any atom is -0.756 e. The van der Waals surface area contributed by atoms with Gasteiger partial charge in [0.05, 0.1) is 34.3 Å². The Balaban J connectivity index is 3.93. The number of ketones is 1. The number of phosphoric ester groups is 1. The first-order valence-corrected chi connectivity index (χ1v) is 15.7. The van der Waals surface area contributed by atoms with Gasteiger partial charge >= 0.3 is 0 Å². The number of Topliss-reactive ketones (excluding diaryl/α,β-unsaturated/α-hetero) is 1. The van der Waals surface area contributed by atoms with E-state index in [1.807, 2.05) is 21.1 Å². The van der Waals surface area contributed by atoms with Crippen LogP contribution in [0.25, 0.3) is 0 Å². The van der Waals surface area contributed by atoms with Crippen molar-refractivity contribution in [3.8, 4) is 0 Å². The van der Waals surface area contributed by atoms with Crippen LogP contribution in [-0.4, -0.2) is 77.0 Å². The van der Waals surface area contributed by atoms with Gasteiger partial charge in [0, 0.05) is 13.2 Å². The zero-order chi connectivity index (χ0) is 27.1. The molecule has 0 radical (unpaired) electrons. The van der Waals surface area contributed by atoms with Crippen LogP contribution in [0.4, 0.5) is 0 Å². The molecule has 8 nitrogen and oxygen atoms in total. The van der Waals surface area contributed by atoms with Gasteiger partial charge in [-0.25, -0.2) is 0 Å². The van der Waals surface area contributed by atoms with Crippen molar-refractivity contribution >= 4 is 13.6 Å². The number of ether oxygens (including phenoxy) is 1. The summed E-state index contributed by atoms with van der Waals surface area (Å²) in [5, 5.41) is 2.92. The summed E-state index contributed by atoms with van der Waals surface area (Å²) in [6.07, 6.45) is 17.5. The summed E-state index contributed by atoms with van der Waals surface area (Å²) in [7, 11) is 1.42. The lowest BCUT2D eigenvalue weighted by molar-refractivity contribution is -0.870. The molecule has 36 heavy (non-hydrogen) atoms. The molecule has 216 valence electrons. The molecule has 0 fully saturated rings. The monoisotopic (exact) mass is 536 g/mol. The average Bonchev–Trinajstić information content (AvgIpc) is 2.77. The number of phosphoric acid groups is 1. The van der Waals surface area contributed by atoms with E-state index >= 15 is 0 Å². The van der Waals surface area contributed by atoms with Crippen LogP contribution in [0.3, 0.4) is 0 Å². The van der Waals surface area contributed by atoms with Crippen LogP contribution in [0.1, 0.15) is 104 Å². The third-order valence-electron chi connectivity index (χ3n) is 5.98. The molecule has 0 saturated carbocycles. The number of hydrogen-bond acceptors (Lipinski definition) is 7. The first kappa shape index (κ1) is 35.7. The Morgan fingerprint density at radius 3 is 1.83 bits per heavy atom. The molecule has 9 heteroatoms. The number of rotatable bonds is 27. The van der Waals surface area contributed by atoms with E-state index in [2.05, 4.69) is 12.2 Å². The van der Waals surface area contributed by atoms with Gasteiger partial charge in [-0.2, -0.15) is 0 Å². The van der Waals surface area contributed by atoms with Gasteiger partial charge in [0.1, 0.15) is 25.0 Å².